The maximum atomic E-state index is 12.3. The van der Waals surface area contributed by atoms with Crippen LogP contribution in [0.1, 0.15) is 30.3 Å². The number of fused-ring (bicyclic) bond motifs is 1. The zero-order valence-corrected chi connectivity index (χ0v) is 18.5. The number of nitrogens with zero attached hydrogens (tertiary/aromatic N) is 3. The molecule has 0 aliphatic carbocycles. The number of piperazine rings is 1. The topological polar surface area (TPSA) is 48.5 Å². The lowest BCUT2D eigenvalue weighted by atomic mass is 10.1. The van der Waals surface area contributed by atoms with E-state index in [1.165, 1.54) is 10.3 Å². The molecule has 158 valence electrons. The minimum Gasteiger partial charge on any atom is -0.326 e. The van der Waals surface area contributed by atoms with Crippen molar-refractivity contribution in [1.82, 2.24) is 14.8 Å². The van der Waals surface area contributed by atoms with Crippen LogP contribution in [0.3, 0.4) is 0 Å². The third kappa shape index (κ3) is 5.65. The van der Waals surface area contributed by atoms with E-state index in [2.05, 4.69) is 45.2 Å². The van der Waals surface area contributed by atoms with Gasteiger partial charge < -0.3 is 10.2 Å². The third-order valence-electron chi connectivity index (χ3n) is 5.69. The predicted molar refractivity (Wildman–Crippen MR) is 125 cm³/mol. The summed E-state index contributed by atoms with van der Waals surface area (Å²) in [5, 5.41) is 4.13. The second-order valence-corrected chi connectivity index (χ2v) is 9.00. The van der Waals surface area contributed by atoms with Crippen molar-refractivity contribution in [3.8, 4) is 0 Å². The Bertz CT molecular complexity index is 928. The molecule has 0 atom stereocenters. The number of amides is 1. The number of nitrogens with one attached hydrogen (secondary N) is 1. The van der Waals surface area contributed by atoms with Gasteiger partial charge in [-0.05, 0) is 49.2 Å². The van der Waals surface area contributed by atoms with Gasteiger partial charge in [0.05, 0.1) is 15.2 Å². The summed E-state index contributed by atoms with van der Waals surface area (Å²) in [4.78, 5) is 21.9. The van der Waals surface area contributed by atoms with E-state index in [9.17, 15) is 4.79 Å². The van der Waals surface area contributed by atoms with Gasteiger partial charge in [0.2, 0.25) is 5.91 Å². The van der Waals surface area contributed by atoms with Gasteiger partial charge in [0.15, 0.2) is 0 Å². The molecule has 1 N–H and O–H groups in total. The van der Waals surface area contributed by atoms with Gasteiger partial charge in [-0.2, -0.15) is 0 Å². The Labute approximate surface area is 182 Å². The number of carbonyl (C=O) groups is 1. The molecule has 1 aromatic heterocycles. The van der Waals surface area contributed by atoms with Gasteiger partial charge in [-0.25, -0.2) is 4.98 Å². The lowest BCUT2D eigenvalue weighted by Gasteiger charge is -2.34. The summed E-state index contributed by atoms with van der Waals surface area (Å²) in [5.41, 5.74) is 3.22. The molecule has 2 aromatic carbocycles. The van der Waals surface area contributed by atoms with Gasteiger partial charge >= 0.3 is 0 Å². The van der Waals surface area contributed by atoms with Crippen LogP contribution in [0.5, 0.6) is 0 Å². The molecule has 1 aliphatic rings. The Balaban J connectivity index is 1.19. The van der Waals surface area contributed by atoms with Crippen molar-refractivity contribution in [2.75, 3.05) is 38.0 Å². The van der Waals surface area contributed by atoms with E-state index < -0.39 is 0 Å². The number of aromatic nitrogens is 1. The molecular formula is C24H30N4OS. The van der Waals surface area contributed by atoms with Gasteiger partial charge in [0.25, 0.3) is 0 Å². The standard InChI is InChI=1S/C24H30N4OS/c1-2-27-14-16-28(17-15-27)18-19-10-12-20(13-11-19)25-23(29)8-5-9-24-26-21-6-3-4-7-22(21)30-24/h3-4,6-7,10-13H,2,5,8-9,14-18H2,1H3,(H,25,29). The summed E-state index contributed by atoms with van der Waals surface area (Å²) in [6.07, 6.45) is 2.17. The Kier molecular flexibility index (Phi) is 7.10. The first-order valence-corrected chi connectivity index (χ1v) is 11.7. The molecule has 0 spiro atoms. The number of para-hydroxylation sites is 1. The van der Waals surface area contributed by atoms with E-state index >= 15 is 0 Å². The lowest BCUT2D eigenvalue weighted by molar-refractivity contribution is -0.116. The van der Waals surface area contributed by atoms with Gasteiger partial charge in [0, 0.05) is 44.8 Å². The highest BCUT2D eigenvalue weighted by atomic mass is 32.1. The van der Waals surface area contributed by atoms with Crippen LogP contribution in [-0.2, 0) is 17.8 Å². The fourth-order valence-corrected chi connectivity index (χ4v) is 4.87. The molecule has 1 aliphatic heterocycles. The van der Waals surface area contributed by atoms with Crippen LogP contribution in [0, 0.1) is 0 Å². The number of hydrogen-bond donors (Lipinski definition) is 1. The van der Waals surface area contributed by atoms with E-state index in [1.54, 1.807) is 11.3 Å². The van der Waals surface area contributed by atoms with Crippen LogP contribution in [-0.4, -0.2) is 53.4 Å². The number of hydrogen-bond acceptors (Lipinski definition) is 5. The van der Waals surface area contributed by atoms with Crippen molar-refractivity contribution in [2.45, 2.75) is 32.7 Å². The molecule has 1 saturated heterocycles. The minimum absolute atomic E-state index is 0.0690. The maximum absolute atomic E-state index is 12.3. The Hall–Kier alpha value is -2.28. The summed E-state index contributed by atoms with van der Waals surface area (Å²) >= 11 is 1.72. The molecule has 3 aromatic rings. The minimum atomic E-state index is 0.0690. The molecule has 1 amide bonds. The van der Waals surface area contributed by atoms with Crippen molar-refractivity contribution in [2.24, 2.45) is 0 Å². The van der Waals surface area contributed by atoms with E-state index in [-0.39, 0.29) is 5.91 Å². The van der Waals surface area contributed by atoms with Gasteiger partial charge in [-0.1, -0.05) is 31.2 Å². The van der Waals surface area contributed by atoms with Crippen molar-refractivity contribution in [1.29, 1.82) is 0 Å². The zero-order chi connectivity index (χ0) is 20.8. The SMILES string of the molecule is CCN1CCN(Cc2ccc(NC(=O)CCCc3nc4ccccc4s3)cc2)CC1. The Morgan fingerprint density at radius 2 is 1.77 bits per heavy atom. The normalized spacial score (nSPS) is 15.5. The molecule has 0 bridgehead atoms. The average molecular weight is 423 g/mol. The number of aryl methyl sites for hydroxylation is 1. The highest BCUT2D eigenvalue weighted by Gasteiger charge is 2.15. The number of anilines is 1. The number of benzene rings is 2. The molecule has 30 heavy (non-hydrogen) atoms. The molecule has 0 unspecified atom stereocenters. The molecule has 5 nitrogen and oxygen atoms in total. The summed E-state index contributed by atoms with van der Waals surface area (Å²) in [7, 11) is 0. The van der Waals surface area contributed by atoms with Crippen LogP contribution < -0.4 is 5.32 Å². The highest BCUT2D eigenvalue weighted by molar-refractivity contribution is 7.18. The first kappa shape index (κ1) is 21.0. The molecule has 1 fully saturated rings. The third-order valence-corrected chi connectivity index (χ3v) is 6.78. The monoisotopic (exact) mass is 422 g/mol. The number of rotatable bonds is 8. The Morgan fingerprint density at radius 1 is 1.03 bits per heavy atom. The second kappa shape index (κ2) is 10.2. The largest absolute Gasteiger partial charge is 0.326 e. The molecule has 2 heterocycles. The van der Waals surface area contributed by atoms with Crippen molar-refractivity contribution < 1.29 is 4.79 Å². The Morgan fingerprint density at radius 3 is 2.50 bits per heavy atom. The van der Waals surface area contributed by atoms with E-state index in [4.69, 9.17) is 0 Å². The van der Waals surface area contributed by atoms with Gasteiger partial charge in [0.1, 0.15) is 0 Å². The van der Waals surface area contributed by atoms with Gasteiger partial charge in [-0.15, -0.1) is 11.3 Å². The van der Waals surface area contributed by atoms with Crippen molar-refractivity contribution in [3.63, 3.8) is 0 Å². The predicted octanol–water partition coefficient (Wildman–Crippen LogP) is 4.40. The first-order valence-electron chi connectivity index (χ1n) is 10.9. The fourth-order valence-electron chi connectivity index (χ4n) is 3.87. The average Bonchev–Trinajstić information content (AvgIpc) is 3.18. The van der Waals surface area contributed by atoms with Crippen molar-refractivity contribution in [3.05, 3.63) is 59.1 Å². The quantitative estimate of drug-likeness (QED) is 0.585. The van der Waals surface area contributed by atoms with Crippen LogP contribution in [0.4, 0.5) is 5.69 Å². The van der Waals surface area contributed by atoms with Crippen LogP contribution in [0.25, 0.3) is 10.2 Å². The summed E-state index contributed by atoms with van der Waals surface area (Å²) in [6, 6.07) is 16.5. The molecule has 0 saturated carbocycles. The smallest absolute Gasteiger partial charge is 0.224 e. The number of carbonyl (C=O) groups excluding carboxylic acids is 1. The van der Waals surface area contributed by atoms with Crippen molar-refractivity contribution >= 4 is 33.1 Å². The van der Waals surface area contributed by atoms with Crippen LogP contribution in [0.2, 0.25) is 0 Å². The molecule has 6 heteroatoms. The van der Waals surface area contributed by atoms with E-state index in [0.717, 1.165) is 68.3 Å². The number of likely N-dealkylation sites (N-methyl/N-ethyl adjacent to an activating group) is 1. The van der Waals surface area contributed by atoms with E-state index in [0.29, 0.717) is 6.42 Å². The highest BCUT2D eigenvalue weighted by Crippen LogP contribution is 2.23. The first-order chi connectivity index (χ1) is 14.7. The maximum Gasteiger partial charge on any atom is 0.224 e. The summed E-state index contributed by atoms with van der Waals surface area (Å²) < 4.78 is 1.21. The zero-order valence-electron chi connectivity index (χ0n) is 17.6. The van der Waals surface area contributed by atoms with Crippen LogP contribution in [0.15, 0.2) is 48.5 Å². The molecule has 0 radical (unpaired) electrons. The lowest BCUT2D eigenvalue weighted by Crippen LogP contribution is -2.45. The number of thiazole rings is 1. The molecule has 4 rings (SSSR count). The second-order valence-electron chi connectivity index (χ2n) is 7.88. The van der Waals surface area contributed by atoms with Gasteiger partial charge in [-0.3, -0.25) is 9.69 Å². The summed E-state index contributed by atoms with van der Waals surface area (Å²) in [5.74, 6) is 0.0690. The van der Waals surface area contributed by atoms with Crippen LogP contribution >= 0.6 is 11.3 Å². The van der Waals surface area contributed by atoms with E-state index in [1.807, 2.05) is 30.3 Å². The summed E-state index contributed by atoms with van der Waals surface area (Å²) in [6.45, 7) is 8.91. The molecular weight excluding hydrogens is 392 g/mol. The fraction of sp³-hybridized carbons (Fsp3) is 0.417.